The number of nitriles is 1. The maximum absolute atomic E-state index is 9.02. The van der Waals surface area contributed by atoms with Crippen molar-refractivity contribution < 1.29 is 0 Å². The van der Waals surface area contributed by atoms with Crippen LogP contribution >= 0.6 is 11.6 Å². The zero-order valence-corrected chi connectivity index (χ0v) is 10.4. The van der Waals surface area contributed by atoms with Crippen molar-refractivity contribution in [2.24, 2.45) is 5.92 Å². The van der Waals surface area contributed by atoms with E-state index in [-0.39, 0.29) is 0 Å². The fourth-order valence-corrected chi connectivity index (χ4v) is 2.28. The topological polar surface area (TPSA) is 47.9 Å². The van der Waals surface area contributed by atoms with Gasteiger partial charge in [0.25, 0.3) is 0 Å². The highest BCUT2D eigenvalue weighted by atomic mass is 35.5. The monoisotopic (exact) mass is 249 g/mol. The summed E-state index contributed by atoms with van der Waals surface area (Å²) in [6.07, 6.45) is 2.39. The highest BCUT2D eigenvalue weighted by molar-refractivity contribution is 6.30. The third-order valence-electron chi connectivity index (χ3n) is 3.14. The lowest BCUT2D eigenvalue weighted by atomic mass is 9.98. The summed E-state index contributed by atoms with van der Waals surface area (Å²) in [5.74, 6) is 0.693. The Bertz CT molecular complexity index is 419. The SMILES string of the molecule is N#Cc1cc(Cl)ccc1NCC1CCNCC1. The van der Waals surface area contributed by atoms with E-state index in [1.807, 2.05) is 12.1 Å². The zero-order chi connectivity index (χ0) is 12.1. The van der Waals surface area contributed by atoms with Crippen molar-refractivity contribution in [2.45, 2.75) is 12.8 Å². The molecule has 1 heterocycles. The first kappa shape index (κ1) is 12.2. The molecule has 1 aromatic rings. The predicted molar refractivity (Wildman–Crippen MR) is 70.3 cm³/mol. The third-order valence-corrected chi connectivity index (χ3v) is 3.38. The predicted octanol–water partition coefficient (Wildman–Crippen LogP) is 2.62. The van der Waals surface area contributed by atoms with Crippen LogP contribution in [-0.4, -0.2) is 19.6 Å². The summed E-state index contributed by atoms with van der Waals surface area (Å²) < 4.78 is 0. The largest absolute Gasteiger partial charge is 0.384 e. The molecule has 17 heavy (non-hydrogen) atoms. The van der Waals surface area contributed by atoms with Crippen LogP contribution in [0.4, 0.5) is 5.69 Å². The fraction of sp³-hybridized carbons (Fsp3) is 0.462. The summed E-state index contributed by atoms with van der Waals surface area (Å²) in [7, 11) is 0. The summed E-state index contributed by atoms with van der Waals surface area (Å²) in [4.78, 5) is 0. The minimum absolute atomic E-state index is 0.606. The van der Waals surface area contributed by atoms with Crippen molar-refractivity contribution in [1.29, 1.82) is 5.26 Å². The molecule has 4 heteroatoms. The van der Waals surface area contributed by atoms with E-state index < -0.39 is 0 Å². The summed E-state index contributed by atoms with van der Waals surface area (Å²) in [5, 5.41) is 16.3. The first-order valence-corrected chi connectivity index (χ1v) is 6.31. The van der Waals surface area contributed by atoms with E-state index in [0.29, 0.717) is 16.5 Å². The molecule has 0 aliphatic carbocycles. The molecule has 2 rings (SSSR count). The third kappa shape index (κ3) is 3.36. The molecule has 0 radical (unpaired) electrons. The van der Waals surface area contributed by atoms with Gasteiger partial charge in [-0.15, -0.1) is 0 Å². The zero-order valence-electron chi connectivity index (χ0n) is 9.67. The molecule has 0 spiro atoms. The van der Waals surface area contributed by atoms with E-state index in [2.05, 4.69) is 16.7 Å². The first-order valence-electron chi connectivity index (χ1n) is 5.94. The molecule has 1 aliphatic rings. The van der Waals surface area contributed by atoms with Crippen molar-refractivity contribution in [2.75, 3.05) is 25.0 Å². The van der Waals surface area contributed by atoms with Crippen molar-refractivity contribution >= 4 is 17.3 Å². The lowest BCUT2D eigenvalue weighted by Gasteiger charge is -2.23. The van der Waals surface area contributed by atoms with E-state index in [1.165, 1.54) is 12.8 Å². The second-order valence-electron chi connectivity index (χ2n) is 4.38. The Balaban J connectivity index is 1.96. The molecule has 0 aromatic heterocycles. The number of anilines is 1. The molecule has 2 N–H and O–H groups in total. The Morgan fingerprint density at radius 3 is 2.88 bits per heavy atom. The van der Waals surface area contributed by atoms with Crippen LogP contribution in [0.15, 0.2) is 18.2 Å². The van der Waals surface area contributed by atoms with Gasteiger partial charge in [0.05, 0.1) is 11.3 Å². The summed E-state index contributed by atoms with van der Waals surface area (Å²) in [6.45, 7) is 3.12. The standard InChI is InChI=1S/C13H16ClN3/c14-12-1-2-13(11(7-12)8-15)17-9-10-3-5-16-6-4-10/h1-2,7,10,16-17H,3-6,9H2. The van der Waals surface area contributed by atoms with E-state index in [4.69, 9.17) is 16.9 Å². The van der Waals surface area contributed by atoms with Crippen LogP contribution < -0.4 is 10.6 Å². The van der Waals surface area contributed by atoms with Gasteiger partial charge in [-0.3, -0.25) is 0 Å². The van der Waals surface area contributed by atoms with Gasteiger partial charge in [-0.1, -0.05) is 11.6 Å². The fourth-order valence-electron chi connectivity index (χ4n) is 2.10. The molecule has 3 nitrogen and oxygen atoms in total. The molecule has 0 saturated carbocycles. The number of hydrogen-bond donors (Lipinski definition) is 2. The maximum Gasteiger partial charge on any atom is 0.101 e. The molecule has 1 aromatic carbocycles. The average Bonchev–Trinajstić information content (AvgIpc) is 2.38. The van der Waals surface area contributed by atoms with Gasteiger partial charge in [-0.05, 0) is 50.0 Å². The normalized spacial score (nSPS) is 16.5. The highest BCUT2D eigenvalue weighted by Gasteiger charge is 2.13. The van der Waals surface area contributed by atoms with Gasteiger partial charge in [0.15, 0.2) is 0 Å². The second-order valence-corrected chi connectivity index (χ2v) is 4.81. The van der Waals surface area contributed by atoms with Crippen molar-refractivity contribution in [3.05, 3.63) is 28.8 Å². The number of piperidine rings is 1. The number of nitrogens with zero attached hydrogens (tertiary/aromatic N) is 1. The van der Waals surface area contributed by atoms with E-state index in [1.54, 1.807) is 6.07 Å². The van der Waals surface area contributed by atoms with Gasteiger partial charge in [0, 0.05) is 11.6 Å². The van der Waals surface area contributed by atoms with Crippen LogP contribution in [0.3, 0.4) is 0 Å². The minimum atomic E-state index is 0.606. The van der Waals surface area contributed by atoms with E-state index in [9.17, 15) is 0 Å². The highest BCUT2D eigenvalue weighted by Crippen LogP contribution is 2.21. The Hall–Kier alpha value is -1.24. The number of rotatable bonds is 3. The summed E-state index contributed by atoms with van der Waals surface area (Å²) in [5.41, 5.74) is 1.50. The molecular formula is C13H16ClN3. The smallest absolute Gasteiger partial charge is 0.101 e. The molecule has 1 fully saturated rings. The van der Waals surface area contributed by atoms with Crippen LogP contribution in [0.1, 0.15) is 18.4 Å². The summed E-state index contributed by atoms with van der Waals surface area (Å²) >= 11 is 5.86. The van der Waals surface area contributed by atoms with Crippen molar-refractivity contribution in [3.63, 3.8) is 0 Å². The van der Waals surface area contributed by atoms with Crippen molar-refractivity contribution in [1.82, 2.24) is 5.32 Å². The minimum Gasteiger partial charge on any atom is -0.384 e. The van der Waals surface area contributed by atoms with Gasteiger partial charge in [0.1, 0.15) is 6.07 Å². The second kappa shape index (κ2) is 5.90. The lowest BCUT2D eigenvalue weighted by Crippen LogP contribution is -2.31. The molecule has 90 valence electrons. The average molecular weight is 250 g/mol. The maximum atomic E-state index is 9.02. The van der Waals surface area contributed by atoms with Gasteiger partial charge < -0.3 is 10.6 Å². The van der Waals surface area contributed by atoms with Crippen molar-refractivity contribution in [3.8, 4) is 6.07 Å². The molecule has 0 amide bonds. The van der Waals surface area contributed by atoms with Crippen LogP contribution in [0, 0.1) is 17.2 Å². The Morgan fingerprint density at radius 1 is 1.41 bits per heavy atom. The van der Waals surface area contributed by atoms with Gasteiger partial charge in [0.2, 0.25) is 0 Å². The van der Waals surface area contributed by atoms with Crippen LogP contribution in [0.25, 0.3) is 0 Å². The molecule has 0 atom stereocenters. The van der Waals surface area contributed by atoms with Crippen LogP contribution in [0.5, 0.6) is 0 Å². The number of hydrogen-bond acceptors (Lipinski definition) is 3. The van der Waals surface area contributed by atoms with E-state index >= 15 is 0 Å². The Labute approximate surface area is 107 Å². The molecule has 1 aliphatic heterocycles. The molecular weight excluding hydrogens is 234 g/mol. The van der Waals surface area contributed by atoms with Crippen LogP contribution in [0.2, 0.25) is 5.02 Å². The molecule has 0 bridgehead atoms. The number of benzene rings is 1. The molecule has 1 saturated heterocycles. The molecule has 0 unspecified atom stereocenters. The quantitative estimate of drug-likeness (QED) is 0.866. The van der Waals surface area contributed by atoms with Gasteiger partial charge in [-0.2, -0.15) is 5.26 Å². The number of nitrogens with one attached hydrogen (secondary N) is 2. The van der Waals surface area contributed by atoms with Gasteiger partial charge >= 0.3 is 0 Å². The summed E-state index contributed by atoms with van der Waals surface area (Å²) in [6, 6.07) is 7.56. The van der Waals surface area contributed by atoms with E-state index in [0.717, 1.165) is 25.3 Å². The first-order chi connectivity index (χ1) is 8.29. The van der Waals surface area contributed by atoms with Crippen LogP contribution in [-0.2, 0) is 0 Å². The Morgan fingerprint density at radius 2 is 2.18 bits per heavy atom. The van der Waals surface area contributed by atoms with Gasteiger partial charge in [-0.25, -0.2) is 0 Å². The number of halogens is 1. The Kier molecular flexibility index (Phi) is 4.24. The lowest BCUT2D eigenvalue weighted by molar-refractivity contribution is 0.390.